The molecule has 0 amide bonds. The number of rotatable bonds is 6. The van der Waals surface area contributed by atoms with Crippen molar-refractivity contribution in [3.63, 3.8) is 0 Å². The zero-order chi connectivity index (χ0) is 18.6. The maximum Gasteiger partial charge on any atom is 0.164 e. The molecule has 1 unspecified atom stereocenters. The highest BCUT2D eigenvalue weighted by Gasteiger charge is 2.27. The predicted molar refractivity (Wildman–Crippen MR) is 104 cm³/mol. The molecule has 1 aliphatic heterocycles. The third kappa shape index (κ3) is 3.66. The van der Waals surface area contributed by atoms with Crippen LogP contribution in [0.3, 0.4) is 0 Å². The van der Waals surface area contributed by atoms with Crippen molar-refractivity contribution in [1.82, 2.24) is 19.9 Å². The first-order valence-corrected chi connectivity index (χ1v) is 9.18. The van der Waals surface area contributed by atoms with Crippen molar-refractivity contribution in [2.24, 2.45) is 0 Å². The summed E-state index contributed by atoms with van der Waals surface area (Å²) in [6.07, 6.45) is 3.10. The smallest absolute Gasteiger partial charge is 0.164 e. The first kappa shape index (κ1) is 17.5. The lowest BCUT2D eigenvalue weighted by atomic mass is 9.97. The van der Waals surface area contributed by atoms with Gasteiger partial charge >= 0.3 is 0 Å². The van der Waals surface area contributed by atoms with E-state index in [4.69, 9.17) is 9.47 Å². The first-order chi connectivity index (χ1) is 13.3. The van der Waals surface area contributed by atoms with E-state index in [1.54, 1.807) is 14.2 Å². The fourth-order valence-electron chi connectivity index (χ4n) is 3.77. The molecular formula is C21H24N4O2. The van der Waals surface area contributed by atoms with Crippen molar-refractivity contribution < 1.29 is 9.47 Å². The van der Waals surface area contributed by atoms with Gasteiger partial charge < -0.3 is 9.47 Å². The molecule has 0 saturated carbocycles. The van der Waals surface area contributed by atoms with Crippen molar-refractivity contribution >= 4 is 0 Å². The zero-order valence-electron chi connectivity index (χ0n) is 15.7. The molecule has 0 aliphatic carbocycles. The first-order valence-electron chi connectivity index (χ1n) is 9.18. The van der Waals surface area contributed by atoms with Crippen LogP contribution in [0.15, 0.2) is 54.7 Å². The summed E-state index contributed by atoms with van der Waals surface area (Å²) in [6.45, 7) is 2.81. The number of methoxy groups -OCH3 is 2. The van der Waals surface area contributed by atoms with Gasteiger partial charge in [-0.15, -0.1) is 5.10 Å². The van der Waals surface area contributed by atoms with Gasteiger partial charge in [0.05, 0.1) is 31.8 Å². The summed E-state index contributed by atoms with van der Waals surface area (Å²) in [5.41, 5.74) is 3.22. The number of nitrogens with zero attached hydrogens (tertiary/aromatic N) is 4. The Morgan fingerprint density at radius 2 is 1.89 bits per heavy atom. The topological polar surface area (TPSA) is 52.4 Å². The van der Waals surface area contributed by atoms with Crippen molar-refractivity contribution in [2.45, 2.75) is 18.9 Å². The molecule has 3 aromatic rings. The molecule has 1 saturated heterocycles. The van der Waals surface area contributed by atoms with E-state index in [1.807, 2.05) is 53.3 Å². The second-order valence-electron chi connectivity index (χ2n) is 6.79. The maximum atomic E-state index is 5.62. The van der Waals surface area contributed by atoms with Crippen LogP contribution >= 0.6 is 0 Å². The minimum Gasteiger partial charge on any atom is -0.493 e. The summed E-state index contributed by atoms with van der Waals surface area (Å²) >= 11 is 0. The molecular weight excluding hydrogens is 340 g/mol. The highest BCUT2D eigenvalue weighted by Crippen LogP contribution is 2.39. The van der Waals surface area contributed by atoms with Gasteiger partial charge in [0.2, 0.25) is 0 Å². The third-order valence-electron chi connectivity index (χ3n) is 5.09. The van der Waals surface area contributed by atoms with Crippen LogP contribution in [-0.4, -0.2) is 47.2 Å². The predicted octanol–water partition coefficient (Wildman–Crippen LogP) is 3.27. The van der Waals surface area contributed by atoms with Gasteiger partial charge in [0.1, 0.15) is 0 Å². The van der Waals surface area contributed by atoms with Crippen molar-refractivity contribution in [3.05, 3.63) is 66.0 Å². The summed E-state index contributed by atoms with van der Waals surface area (Å²) in [4.78, 5) is 2.42. The second kappa shape index (κ2) is 7.80. The van der Waals surface area contributed by atoms with Crippen LogP contribution < -0.4 is 9.47 Å². The van der Waals surface area contributed by atoms with Crippen LogP contribution in [0.1, 0.15) is 23.6 Å². The zero-order valence-corrected chi connectivity index (χ0v) is 15.7. The molecule has 27 heavy (non-hydrogen) atoms. The van der Waals surface area contributed by atoms with Crippen LogP contribution in [0.4, 0.5) is 0 Å². The Kier molecular flexibility index (Phi) is 5.07. The number of aromatic nitrogens is 3. The molecule has 0 N–H and O–H groups in total. The van der Waals surface area contributed by atoms with Gasteiger partial charge in [-0.05, 0) is 31.2 Å². The van der Waals surface area contributed by atoms with Crippen LogP contribution in [0.5, 0.6) is 11.5 Å². The molecule has 140 valence electrons. The number of benzene rings is 2. The normalized spacial score (nSPS) is 17.2. The molecule has 1 aromatic heterocycles. The average Bonchev–Trinajstić information content (AvgIpc) is 3.38. The molecule has 6 nitrogen and oxygen atoms in total. The molecule has 0 bridgehead atoms. The van der Waals surface area contributed by atoms with Gasteiger partial charge in [-0.3, -0.25) is 4.90 Å². The number of likely N-dealkylation sites (tertiary alicyclic amines) is 1. The summed E-state index contributed by atoms with van der Waals surface area (Å²) in [5, 5.41) is 8.60. The average molecular weight is 364 g/mol. The molecule has 4 rings (SSSR count). The van der Waals surface area contributed by atoms with Crippen molar-refractivity contribution in [2.75, 3.05) is 27.3 Å². The van der Waals surface area contributed by atoms with Gasteiger partial charge in [0.15, 0.2) is 11.5 Å². The maximum absolute atomic E-state index is 5.62. The van der Waals surface area contributed by atoms with Gasteiger partial charge in [0, 0.05) is 24.6 Å². The standard InChI is InChI=1S/C21H24N4O2/c1-26-20-10-6-9-19(21(20)27-2)16-11-12-24(13-16)14-17-15-25(23-22-17)18-7-4-3-5-8-18/h3-10,15-16H,11-14H2,1-2H3. The minimum atomic E-state index is 0.430. The quantitative estimate of drug-likeness (QED) is 0.672. The SMILES string of the molecule is COc1cccc(C2CCN(Cc3cn(-c4ccccc4)nn3)C2)c1OC. The van der Waals surface area contributed by atoms with Crippen molar-refractivity contribution in [3.8, 4) is 17.2 Å². The second-order valence-corrected chi connectivity index (χ2v) is 6.79. The summed E-state index contributed by atoms with van der Waals surface area (Å²) in [6, 6.07) is 16.2. The Balaban J connectivity index is 1.44. The Bertz CT molecular complexity index is 894. The van der Waals surface area contributed by atoms with E-state index in [9.17, 15) is 0 Å². The van der Waals surface area contributed by atoms with Gasteiger partial charge in [-0.1, -0.05) is 35.5 Å². The van der Waals surface area contributed by atoms with Crippen LogP contribution in [0.2, 0.25) is 0 Å². The summed E-state index contributed by atoms with van der Waals surface area (Å²) < 4.78 is 12.9. The van der Waals surface area contributed by atoms with Gasteiger partial charge in [-0.2, -0.15) is 0 Å². The molecule has 0 radical (unpaired) electrons. The van der Waals surface area contributed by atoms with E-state index in [1.165, 1.54) is 5.56 Å². The Morgan fingerprint density at radius 3 is 2.67 bits per heavy atom. The van der Waals surface area contributed by atoms with Crippen LogP contribution in [0, 0.1) is 0 Å². The van der Waals surface area contributed by atoms with Gasteiger partial charge in [0.25, 0.3) is 0 Å². The molecule has 1 atom stereocenters. The summed E-state index contributed by atoms with van der Waals surface area (Å²) in [5.74, 6) is 2.07. The van der Waals surface area contributed by atoms with Crippen LogP contribution in [0.25, 0.3) is 5.69 Å². The monoisotopic (exact) mass is 364 g/mol. The number of ether oxygens (including phenoxy) is 2. The number of hydrogen-bond acceptors (Lipinski definition) is 5. The van der Waals surface area contributed by atoms with Crippen LogP contribution in [-0.2, 0) is 6.54 Å². The van der Waals surface area contributed by atoms with Crippen molar-refractivity contribution in [1.29, 1.82) is 0 Å². The lowest BCUT2D eigenvalue weighted by Gasteiger charge is -2.18. The van der Waals surface area contributed by atoms with E-state index in [0.29, 0.717) is 5.92 Å². The van der Waals surface area contributed by atoms with E-state index >= 15 is 0 Å². The Labute approximate surface area is 159 Å². The molecule has 1 fully saturated rings. The Hall–Kier alpha value is -2.86. The van der Waals surface area contributed by atoms with E-state index in [2.05, 4.69) is 21.3 Å². The van der Waals surface area contributed by atoms with E-state index < -0.39 is 0 Å². The fraction of sp³-hybridized carbons (Fsp3) is 0.333. The largest absolute Gasteiger partial charge is 0.493 e. The molecule has 2 aromatic carbocycles. The lowest BCUT2D eigenvalue weighted by Crippen LogP contribution is -2.20. The Morgan fingerprint density at radius 1 is 1.04 bits per heavy atom. The lowest BCUT2D eigenvalue weighted by molar-refractivity contribution is 0.319. The molecule has 6 heteroatoms. The van der Waals surface area contributed by atoms with E-state index in [-0.39, 0.29) is 0 Å². The third-order valence-corrected chi connectivity index (χ3v) is 5.09. The fourth-order valence-corrected chi connectivity index (χ4v) is 3.77. The molecule has 2 heterocycles. The highest BCUT2D eigenvalue weighted by atomic mass is 16.5. The summed E-state index contributed by atoms with van der Waals surface area (Å²) in [7, 11) is 3.38. The number of hydrogen-bond donors (Lipinski definition) is 0. The number of para-hydroxylation sites is 2. The van der Waals surface area contributed by atoms with E-state index in [0.717, 1.165) is 48.9 Å². The molecule has 0 spiro atoms. The highest BCUT2D eigenvalue weighted by molar-refractivity contribution is 5.48. The van der Waals surface area contributed by atoms with Gasteiger partial charge in [-0.25, -0.2) is 4.68 Å². The molecule has 1 aliphatic rings. The minimum absolute atomic E-state index is 0.430.